The number of rotatable bonds is 3. The van der Waals surface area contributed by atoms with Crippen molar-refractivity contribution in [3.05, 3.63) is 34.5 Å². The number of nitrogens with two attached hydrogens (primary N) is 1. The van der Waals surface area contributed by atoms with Crippen molar-refractivity contribution in [2.45, 2.75) is 0 Å². The molecule has 2 rings (SSSR count). The van der Waals surface area contributed by atoms with Crippen LogP contribution in [0.15, 0.2) is 24.4 Å². The maximum absolute atomic E-state index is 10.9. The molecule has 88 valence electrons. The Bertz CT molecular complexity index is 564. The van der Waals surface area contributed by atoms with Crippen LogP contribution >= 0.6 is 0 Å². The second-order valence-corrected chi connectivity index (χ2v) is 3.32. The number of H-pyrrole nitrogens is 1. The molecule has 7 heteroatoms. The lowest BCUT2D eigenvalue weighted by molar-refractivity contribution is -0.384. The molecule has 0 unspecified atom stereocenters. The van der Waals surface area contributed by atoms with Crippen LogP contribution in [0.2, 0.25) is 0 Å². The van der Waals surface area contributed by atoms with Gasteiger partial charge in [-0.25, -0.2) is 4.98 Å². The van der Waals surface area contributed by atoms with Gasteiger partial charge in [-0.05, 0) is 12.1 Å². The molecular weight excluding hydrogens is 224 g/mol. The quantitative estimate of drug-likeness (QED) is 0.619. The highest BCUT2D eigenvalue weighted by atomic mass is 16.6. The zero-order chi connectivity index (χ0) is 12.4. The van der Waals surface area contributed by atoms with Gasteiger partial charge in [-0.15, -0.1) is 0 Å². The molecule has 17 heavy (non-hydrogen) atoms. The molecule has 1 aromatic carbocycles. The van der Waals surface area contributed by atoms with Crippen LogP contribution in [0.3, 0.4) is 0 Å². The Morgan fingerprint density at radius 1 is 1.53 bits per heavy atom. The number of aromatic nitrogens is 2. The first-order valence-electron chi connectivity index (χ1n) is 4.75. The fourth-order valence-corrected chi connectivity index (χ4v) is 1.49. The van der Waals surface area contributed by atoms with Gasteiger partial charge >= 0.3 is 0 Å². The summed E-state index contributed by atoms with van der Waals surface area (Å²) in [4.78, 5) is 17.0. The average Bonchev–Trinajstić information content (AvgIpc) is 2.75. The predicted molar refractivity (Wildman–Crippen MR) is 61.6 cm³/mol. The summed E-state index contributed by atoms with van der Waals surface area (Å²) in [5.74, 6) is 0.732. The number of nitro benzene ring substituents is 1. The first-order chi connectivity index (χ1) is 8.11. The summed E-state index contributed by atoms with van der Waals surface area (Å²) in [6, 6.07) is 4.47. The van der Waals surface area contributed by atoms with Crippen molar-refractivity contribution >= 4 is 11.6 Å². The molecule has 0 atom stereocenters. The molecule has 0 fully saturated rings. The Hall–Kier alpha value is -2.57. The van der Waals surface area contributed by atoms with E-state index in [1.54, 1.807) is 6.07 Å². The van der Waals surface area contributed by atoms with E-state index < -0.39 is 4.92 Å². The second-order valence-electron chi connectivity index (χ2n) is 3.32. The van der Waals surface area contributed by atoms with E-state index in [2.05, 4.69) is 9.97 Å². The molecule has 0 saturated carbocycles. The Kier molecular flexibility index (Phi) is 2.65. The third-order valence-corrected chi connectivity index (χ3v) is 2.29. The van der Waals surface area contributed by atoms with Crippen LogP contribution in [0, 0.1) is 10.1 Å². The van der Waals surface area contributed by atoms with Crippen LogP contribution in [-0.2, 0) is 0 Å². The third-order valence-electron chi connectivity index (χ3n) is 2.29. The van der Waals surface area contributed by atoms with Crippen LogP contribution in [0.25, 0.3) is 11.3 Å². The topological polar surface area (TPSA) is 107 Å². The molecule has 0 aliphatic carbocycles. The highest BCUT2D eigenvalue weighted by Crippen LogP contribution is 2.32. The molecule has 1 heterocycles. The van der Waals surface area contributed by atoms with Crippen molar-refractivity contribution < 1.29 is 9.66 Å². The minimum Gasteiger partial charge on any atom is -0.497 e. The Labute approximate surface area is 96.4 Å². The van der Waals surface area contributed by atoms with E-state index in [9.17, 15) is 10.1 Å². The number of hydrogen-bond donors (Lipinski definition) is 2. The fraction of sp³-hybridized carbons (Fsp3) is 0.100. The Morgan fingerprint density at radius 3 is 2.82 bits per heavy atom. The summed E-state index contributed by atoms with van der Waals surface area (Å²) in [5, 5.41) is 10.9. The van der Waals surface area contributed by atoms with E-state index in [0.29, 0.717) is 17.0 Å². The van der Waals surface area contributed by atoms with Gasteiger partial charge in [0.25, 0.3) is 5.69 Å². The smallest absolute Gasteiger partial charge is 0.279 e. The first kappa shape index (κ1) is 10.9. The van der Waals surface area contributed by atoms with Gasteiger partial charge in [0.1, 0.15) is 5.75 Å². The summed E-state index contributed by atoms with van der Waals surface area (Å²) in [7, 11) is 1.49. The number of hydrogen-bond acceptors (Lipinski definition) is 5. The van der Waals surface area contributed by atoms with Gasteiger partial charge in [-0.3, -0.25) is 10.1 Å². The molecule has 3 N–H and O–H groups in total. The molecule has 0 aliphatic heterocycles. The number of nitro groups is 1. The lowest BCUT2D eigenvalue weighted by atomic mass is 10.1. The number of anilines is 1. The van der Waals surface area contributed by atoms with Crippen molar-refractivity contribution in [2.75, 3.05) is 12.8 Å². The van der Waals surface area contributed by atoms with Gasteiger partial charge in [0.05, 0.1) is 29.5 Å². The SMILES string of the molecule is COc1ccc([N+](=O)[O-])c(-c2cnc(N)[nH]2)c1. The van der Waals surface area contributed by atoms with Gasteiger partial charge in [0.2, 0.25) is 0 Å². The molecule has 2 aromatic rings. The molecule has 0 saturated heterocycles. The molecule has 0 amide bonds. The number of nitrogen functional groups attached to an aromatic ring is 1. The third kappa shape index (κ3) is 2.03. The highest BCUT2D eigenvalue weighted by molar-refractivity contribution is 5.72. The number of nitrogens with zero attached hydrogens (tertiary/aromatic N) is 2. The minimum atomic E-state index is -0.466. The van der Waals surface area contributed by atoms with Crippen molar-refractivity contribution in [1.29, 1.82) is 0 Å². The van der Waals surface area contributed by atoms with Crippen LogP contribution < -0.4 is 10.5 Å². The molecule has 0 bridgehead atoms. The molecule has 7 nitrogen and oxygen atoms in total. The molecule has 0 aliphatic rings. The van der Waals surface area contributed by atoms with Gasteiger partial charge in [0.15, 0.2) is 5.95 Å². The number of nitrogens with one attached hydrogen (secondary N) is 1. The van der Waals surface area contributed by atoms with Gasteiger partial charge in [-0.2, -0.15) is 0 Å². The summed E-state index contributed by atoms with van der Waals surface area (Å²) >= 11 is 0. The van der Waals surface area contributed by atoms with Crippen molar-refractivity contribution in [3.63, 3.8) is 0 Å². The van der Waals surface area contributed by atoms with Gasteiger partial charge in [-0.1, -0.05) is 0 Å². The number of ether oxygens (including phenoxy) is 1. The van der Waals surface area contributed by atoms with E-state index in [-0.39, 0.29) is 11.6 Å². The maximum atomic E-state index is 10.9. The van der Waals surface area contributed by atoms with Crippen molar-refractivity contribution in [3.8, 4) is 17.0 Å². The van der Waals surface area contributed by atoms with Gasteiger partial charge in [0, 0.05) is 6.07 Å². The van der Waals surface area contributed by atoms with E-state index in [4.69, 9.17) is 10.5 Å². The predicted octanol–water partition coefficient (Wildman–Crippen LogP) is 1.58. The van der Waals surface area contributed by atoms with Crippen molar-refractivity contribution in [1.82, 2.24) is 9.97 Å². The lowest BCUT2D eigenvalue weighted by Gasteiger charge is -2.03. The van der Waals surface area contributed by atoms with Gasteiger partial charge < -0.3 is 15.5 Å². The zero-order valence-corrected chi connectivity index (χ0v) is 9.01. The summed E-state index contributed by atoms with van der Waals surface area (Å²) < 4.78 is 5.03. The number of methoxy groups -OCH3 is 1. The Balaban J connectivity index is 2.60. The van der Waals surface area contributed by atoms with Crippen LogP contribution in [-0.4, -0.2) is 22.0 Å². The largest absolute Gasteiger partial charge is 0.497 e. The summed E-state index contributed by atoms with van der Waals surface area (Å²) in [5.41, 5.74) is 6.28. The summed E-state index contributed by atoms with van der Waals surface area (Å²) in [6.07, 6.45) is 1.44. The standard InChI is InChI=1S/C10H10N4O3/c1-17-6-2-3-9(14(15)16)7(4-6)8-5-12-10(11)13-8/h2-5H,1H3,(H3,11,12,13). The van der Waals surface area contributed by atoms with Crippen LogP contribution in [0.4, 0.5) is 11.6 Å². The maximum Gasteiger partial charge on any atom is 0.279 e. The average molecular weight is 234 g/mol. The minimum absolute atomic E-state index is 0.0329. The summed E-state index contributed by atoms with van der Waals surface area (Å²) in [6.45, 7) is 0. The van der Waals surface area contributed by atoms with E-state index in [1.807, 2.05) is 0 Å². The molecular formula is C10H10N4O3. The van der Waals surface area contributed by atoms with E-state index >= 15 is 0 Å². The van der Waals surface area contributed by atoms with Crippen LogP contribution in [0.5, 0.6) is 5.75 Å². The first-order valence-corrected chi connectivity index (χ1v) is 4.75. The lowest BCUT2D eigenvalue weighted by Crippen LogP contribution is -1.94. The number of aromatic amines is 1. The molecule has 0 radical (unpaired) electrons. The van der Waals surface area contributed by atoms with E-state index in [1.165, 1.54) is 25.4 Å². The number of imidazole rings is 1. The zero-order valence-electron chi connectivity index (χ0n) is 9.01. The Morgan fingerprint density at radius 2 is 2.29 bits per heavy atom. The molecule has 1 aromatic heterocycles. The highest BCUT2D eigenvalue weighted by Gasteiger charge is 2.17. The van der Waals surface area contributed by atoms with Crippen LogP contribution in [0.1, 0.15) is 0 Å². The van der Waals surface area contributed by atoms with E-state index in [0.717, 1.165) is 0 Å². The normalized spacial score (nSPS) is 10.2. The monoisotopic (exact) mass is 234 g/mol. The number of benzene rings is 1. The second kappa shape index (κ2) is 4.12. The van der Waals surface area contributed by atoms with Crippen molar-refractivity contribution in [2.24, 2.45) is 0 Å². The molecule has 0 spiro atoms. The fourth-order valence-electron chi connectivity index (χ4n) is 1.49.